The van der Waals surface area contributed by atoms with E-state index in [9.17, 15) is 9.59 Å². The standard InChI is InChI=1S/C10H21N3O3/c1-4-11-10(16)12-5-8(6-14)13-9(15)7(2)3/h7-8,14H,4-6H2,1-3H3,(H,13,15)(H2,11,12,16). The second-order valence-electron chi connectivity index (χ2n) is 3.78. The van der Waals surface area contributed by atoms with Crippen LogP contribution >= 0.6 is 0 Å². The molecule has 0 fully saturated rings. The number of hydrogen-bond donors (Lipinski definition) is 4. The highest BCUT2D eigenvalue weighted by molar-refractivity contribution is 5.78. The molecule has 0 bridgehead atoms. The molecule has 0 heterocycles. The minimum atomic E-state index is -0.447. The Bertz CT molecular complexity index is 231. The highest BCUT2D eigenvalue weighted by atomic mass is 16.3. The summed E-state index contributed by atoms with van der Waals surface area (Å²) in [6.45, 7) is 5.88. The minimum Gasteiger partial charge on any atom is -0.394 e. The lowest BCUT2D eigenvalue weighted by Gasteiger charge is -2.18. The van der Waals surface area contributed by atoms with Gasteiger partial charge in [-0.2, -0.15) is 0 Å². The molecule has 0 aliphatic carbocycles. The molecule has 6 nitrogen and oxygen atoms in total. The average molecular weight is 231 g/mol. The molecule has 0 spiro atoms. The van der Waals surface area contributed by atoms with Gasteiger partial charge in [-0.3, -0.25) is 4.79 Å². The van der Waals surface area contributed by atoms with Crippen LogP contribution in [0.15, 0.2) is 0 Å². The summed E-state index contributed by atoms with van der Waals surface area (Å²) in [6, 6.07) is -0.753. The maximum atomic E-state index is 11.3. The van der Waals surface area contributed by atoms with Gasteiger partial charge in [0.2, 0.25) is 5.91 Å². The van der Waals surface area contributed by atoms with Crippen molar-refractivity contribution in [3.63, 3.8) is 0 Å². The van der Waals surface area contributed by atoms with Gasteiger partial charge in [0.05, 0.1) is 12.6 Å². The lowest BCUT2D eigenvalue weighted by Crippen LogP contribution is -2.49. The van der Waals surface area contributed by atoms with Gasteiger partial charge >= 0.3 is 6.03 Å². The van der Waals surface area contributed by atoms with Crippen molar-refractivity contribution in [3.8, 4) is 0 Å². The fourth-order valence-electron chi connectivity index (χ4n) is 0.968. The van der Waals surface area contributed by atoms with Crippen molar-refractivity contribution in [1.29, 1.82) is 0 Å². The average Bonchev–Trinajstić information content (AvgIpc) is 2.24. The number of urea groups is 1. The Kier molecular flexibility index (Phi) is 7.28. The van der Waals surface area contributed by atoms with Gasteiger partial charge in [0.25, 0.3) is 0 Å². The lowest BCUT2D eigenvalue weighted by molar-refractivity contribution is -0.125. The van der Waals surface area contributed by atoms with Crippen LogP contribution in [0.3, 0.4) is 0 Å². The van der Waals surface area contributed by atoms with Gasteiger partial charge < -0.3 is 21.1 Å². The summed E-state index contributed by atoms with van der Waals surface area (Å²) < 4.78 is 0. The van der Waals surface area contributed by atoms with Crippen molar-refractivity contribution in [2.75, 3.05) is 19.7 Å². The van der Waals surface area contributed by atoms with Crippen LogP contribution in [0.4, 0.5) is 4.79 Å². The quantitative estimate of drug-likeness (QED) is 0.494. The number of carbonyl (C=O) groups is 2. The molecular weight excluding hydrogens is 210 g/mol. The summed E-state index contributed by atoms with van der Waals surface area (Å²) in [4.78, 5) is 22.4. The molecule has 0 aromatic heterocycles. The molecule has 0 aliphatic heterocycles. The number of rotatable bonds is 6. The number of amides is 3. The fourth-order valence-corrected chi connectivity index (χ4v) is 0.968. The van der Waals surface area contributed by atoms with E-state index in [0.29, 0.717) is 6.54 Å². The van der Waals surface area contributed by atoms with Crippen molar-refractivity contribution in [3.05, 3.63) is 0 Å². The van der Waals surface area contributed by atoms with Crippen LogP contribution in [0.1, 0.15) is 20.8 Å². The Morgan fingerprint density at radius 2 is 1.88 bits per heavy atom. The third kappa shape index (κ3) is 6.23. The maximum absolute atomic E-state index is 11.3. The molecule has 1 unspecified atom stereocenters. The van der Waals surface area contributed by atoms with Crippen molar-refractivity contribution >= 4 is 11.9 Å². The highest BCUT2D eigenvalue weighted by Gasteiger charge is 2.14. The van der Waals surface area contributed by atoms with E-state index in [1.807, 2.05) is 6.92 Å². The smallest absolute Gasteiger partial charge is 0.314 e. The summed E-state index contributed by atoms with van der Waals surface area (Å²) in [5.74, 6) is -0.282. The first kappa shape index (κ1) is 14.7. The van der Waals surface area contributed by atoms with Gasteiger partial charge in [-0.25, -0.2) is 4.79 Å². The monoisotopic (exact) mass is 231 g/mol. The van der Waals surface area contributed by atoms with E-state index >= 15 is 0 Å². The largest absolute Gasteiger partial charge is 0.394 e. The van der Waals surface area contributed by atoms with Gasteiger partial charge in [0.1, 0.15) is 0 Å². The number of nitrogens with one attached hydrogen (secondary N) is 3. The van der Waals surface area contributed by atoms with Crippen LogP contribution in [-0.2, 0) is 4.79 Å². The number of hydrogen-bond acceptors (Lipinski definition) is 3. The summed E-state index contributed by atoms with van der Waals surface area (Å²) in [7, 11) is 0. The lowest BCUT2D eigenvalue weighted by atomic mass is 10.2. The molecule has 94 valence electrons. The molecule has 0 rings (SSSR count). The van der Waals surface area contributed by atoms with Crippen LogP contribution in [0, 0.1) is 5.92 Å². The zero-order chi connectivity index (χ0) is 12.6. The number of aliphatic hydroxyl groups is 1. The van der Waals surface area contributed by atoms with E-state index in [4.69, 9.17) is 5.11 Å². The molecule has 16 heavy (non-hydrogen) atoms. The minimum absolute atomic E-state index is 0.140. The summed E-state index contributed by atoms with van der Waals surface area (Å²) in [5, 5.41) is 16.8. The Balaban J connectivity index is 3.92. The van der Waals surface area contributed by atoms with Crippen molar-refractivity contribution in [2.45, 2.75) is 26.8 Å². The van der Waals surface area contributed by atoms with Gasteiger partial charge in [-0.05, 0) is 6.92 Å². The van der Waals surface area contributed by atoms with Crippen LogP contribution in [0.5, 0.6) is 0 Å². The van der Waals surface area contributed by atoms with Crippen LogP contribution in [0.2, 0.25) is 0 Å². The second kappa shape index (κ2) is 7.92. The molecule has 3 amide bonds. The summed E-state index contributed by atoms with van der Waals surface area (Å²) >= 11 is 0. The van der Waals surface area contributed by atoms with Gasteiger partial charge in [0.15, 0.2) is 0 Å². The number of carbonyl (C=O) groups excluding carboxylic acids is 2. The Morgan fingerprint density at radius 3 is 2.31 bits per heavy atom. The molecular formula is C10H21N3O3. The SMILES string of the molecule is CCNC(=O)NCC(CO)NC(=O)C(C)C. The molecule has 0 radical (unpaired) electrons. The molecule has 0 aliphatic rings. The van der Waals surface area contributed by atoms with Crippen molar-refractivity contribution < 1.29 is 14.7 Å². The van der Waals surface area contributed by atoms with E-state index in [0.717, 1.165) is 0 Å². The second-order valence-corrected chi connectivity index (χ2v) is 3.78. The van der Waals surface area contributed by atoms with Crippen LogP contribution in [0.25, 0.3) is 0 Å². The van der Waals surface area contributed by atoms with Crippen molar-refractivity contribution in [1.82, 2.24) is 16.0 Å². The van der Waals surface area contributed by atoms with Gasteiger partial charge in [0, 0.05) is 19.0 Å². The number of aliphatic hydroxyl groups excluding tert-OH is 1. The van der Waals surface area contributed by atoms with E-state index in [1.54, 1.807) is 13.8 Å². The summed E-state index contributed by atoms with van der Waals surface area (Å²) in [5.41, 5.74) is 0. The first-order valence-corrected chi connectivity index (χ1v) is 5.44. The van der Waals surface area contributed by atoms with Crippen molar-refractivity contribution in [2.24, 2.45) is 5.92 Å². The highest BCUT2D eigenvalue weighted by Crippen LogP contribution is 1.92. The fraction of sp³-hybridized carbons (Fsp3) is 0.800. The molecule has 0 aromatic carbocycles. The van der Waals surface area contributed by atoms with Gasteiger partial charge in [-0.1, -0.05) is 13.8 Å². The predicted molar refractivity (Wildman–Crippen MR) is 60.9 cm³/mol. The molecule has 0 saturated carbocycles. The molecule has 1 atom stereocenters. The molecule has 0 aromatic rings. The Morgan fingerprint density at radius 1 is 1.25 bits per heavy atom. The topological polar surface area (TPSA) is 90.5 Å². The van der Waals surface area contributed by atoms with Crippen LogP contribution in [-0.4, -0.2) is 42.8 Å². The van der Waals surface area contributed by atoms with E-state index in [-0.39, 0.29) is 31.0 Å². The zero-order valence-corrected chi connectivity index (χ0v) is 10.0. The summed E-state index contributed by atoms with van der Waals surface area (Å²) in [6.07, 6.45) is 0. The molecule has 0 saturated heterocycles. The normalized spacial score (nSPS) is 12.1. The molecule has 6 heteroatoms. The molecule has 4 N–H and O–H groups in total. The third-order valence-corrected chi connectivity index (χ3v) is 1.94. The van der Waals surface area contributed by atoms with Crippen LogP contribution < -0.4 is 16.0 Å². The Labute approximate surface area is 95.8 Å². The van der Waals surface area contributed by atoms with E-state index in [1.165, 1.54) is 0 Å². The first-order valence-electron chi connectivity index (χ1n) is 5.44. The van der Waals surface area contributed by atoms with Gasteiger partial charge in [-0.15, -0.1) is 0 Å². The maximum Gasteiger partial charge on any atom is 0.314 e. The Hall–Kier alpha value is -1.30. The van der Waals surface area contributed by atoms with E-state index < -0.39 is 6.04 Å². The third-order valence-electron chi connectivity index (χ3n) is 1.94. The zero-order valence-electron chi connectivity index (χ0n) is 10.0. The first-order chi connectivity index (χ1) is 7.51. The predicted octanol–water partition coefficient (Wildman–Crippen LogP) is -0.561. The van der Waals surface area contributed by atoms with E-state index in [2.05, 4.69) is 16.0 Å².